The van der Waals surface area contributed by atoms with Crippen LogP contribution in [0.15, 0.2) is 71.9 Å². The molecule has 0 unspecified atom stereocenters. The zero-order valence-electron chi connectivity index (χ0n) is 12.0. The first kappa shape index (κ1) is 12.2. The largest absolute Gasteiger partial charge is 0.303 e. The standard InChI is InChI=1S/C19H16N2/c1-14-17(15-8-4-2-5-9-15)13-21-18(14)12-20-19(21)16-10-6-3-7-11-16/h2-11,13H,12H2,1H3. The van der Waals surface area contributed by atoms with Crippen LogP contribution in [0.3, 0.4) is 0 Å². The maximum absolute atomic E-state index is 4.71. The molecule has 0 spiro atoms. The van der Waals surface area contributed by atoms with Gasteiger partial charge in [0.1, 0.15) is 5.84 Å². The lowest BCUT2D eigenvalue weighted by Gasteiger charge is -2.04. The summed E-state index contributed by atoms with van der Waals surface area (Å²) in [5.74, 6) is 1.05. The van der Waals surface area contributed by atoms with Crippen molar-refractivity contribution >= 4 is 5.84 Å². The highest BCUT2D eigenvalue weighted by molar-refractivity contribution is 6.03. The average Bonchev–Trinajstić information content (AvgIpc) is 3.10. The second-order valence-electron chi connectivity index (χ2n) is 5.36. The highest BCUT2D eigenvalue weighted by Gasteiger charge is 2.21. The van der Waals surface area contributed by atoms with Gasteiger partial charge in [-0.25, -0.2) is 0 Å². The summed E-state index contributed by atoms with van der Waals surface area (Å²) in [6.07, 6.45) is 2.22. The smallest absolute Gasteiger partial charge is 0.139 e. The number of fused-ring (bicyclic) bond motifs is 1. The van der Waals surface area contributed by atoms with E-state index in [1.807, 2.05) is 6.07 Å². The number of hydrogen-bond acceptors (Lipinski definition) is 1. The molecule has 2 heterocycles. The zero-order valence-corrected chi connectivity index (χ0v) is 12.0. The van der Waals surface area contributed by atoms with E-state index < -0.39 is 0 Å². The highest BCUT2D eigenvalue weighted by atomic mass is 15.1. The second kappa shape index (κ2) is 4.74. The highest BCUT2D eigenvalue weighted by Crippen LogP contribution is 2.31. The molecule has 1 aliphatic rings. The van der Waals surface area contributed by atoms with Gasteiger partial charge >= 0.3 is 0 Å². The number of aliphatic imine (C=N–C) groups is 1. The van der Waals surface area contributed by atoms with E-state index in [1.54, 1.807) is 0 Å². The minimum atomic E-state index is 0.767. The van der Waals surface area contributed by atoms with Crippen molar-refractivity contribution < 1.29 is 0 Å². The Balaban J connectivity index is 1.83. The molecule has 4 rings (SSSR count). The molecule has 0 saturated carbocycles. The van der Waals surface area contributed by atoms with Gasteiger partial charge in [0.25, 0.3) is 0 Å². The van der Waals surface area contributed by atoms with E-state index >= 15 is 0 Å². The van der Waals surface area contributed by atoms with Crippen molar-refractivity contribution in [3.05, 3.63) is 83.7 Å². The average molecular weight is 272 g/mol. The molecular weight excluding hydrogens is 256 g/mol. The first-order chi connectivity index (χ1) is 10.3. The van der Waals surface area contributed by atoms with Crippen LogP contribution in [0, 0.1) is 6.92 Å². The third-order valence-electron chi connectivity index (χ3n) is 4.11. The lowest BCUT2D eigenvalue weighted by Crippen LogP contribution is -2.09. The third-order valence-corrected chi connectivity index (χ3v) is 4.11. The summed E-state index contributed by atoms with van der Waals surface area (Å²) in [5, 5.41) is 0. The number of rotatable bonds is 2. The number of hydrogen-bond donors (Lipinski definition) is 0. The van der Waals surface area contributed by atoms with Gasteiger partial charge in [-0.3, -0.25) is 4.99 Å². The van der Waals surface area contributed by atoms with Crippen LogP contribution in [0.25, 0.3) is 11.1 Å². The molecule has 0 atom stereocenters. The molecule has 2 nitrogen and oxygen atoms in total. The topological polar surface area (TPSA) is 17.3 Å². The Kier molecular flexibility index (Phi) is 2.74. The molecule has 0 aliphatic carbocycles. The minimum Gasteiger partial charge on any atom is -0.303 e. The molecule has 21 heavy (non-hydrogen) atoms. The van der Waals surface area contributed by atoms with Crippen LogP contribution in [0.4, 0.5) is 0 Å². The van der Waals surface area contributed by atoms with Crippen LogP contribution >= 0.6 is 0 Å². The van der Waals surface area contributed by atoms with Gasteiger partial charge in [-0.1, -0.05) is 60.7 Å². The van der Waals surface area contributed by atoms with Gasteiger partial charge in [-0.2, -0.15) is 0 Å². The molecule has 0 N–H and O–H groups in total. The number of benzene rings is 2. The Bertz CT molecular complexity index is 812. The van der Waals surface area contributed by atoms with Crippen LogP contribution in [-0.4, -0.2) is 10.4 Å². The molecule has 2 heteroatoms. The third kappa shape index (κ3) is 1.91. The van der Waals surface area contributed by atoms with Crippen molar-refractivity contribution in [1.29, 1.82) is 0 Å². The molecule has 0 saturated heterocycles. The fourth-order valence-corrected chi connectivity index (χ4v) is 2.98. The van der Waals surface area contributed by atoms with Crippen molar-refractivity contribution in [2.75, 3.05) is 0 Å². The van der Waals surface area contributed by atoms with E-state index in [0.29, 0.717) is 0 Å². The fraction of sp³-hybridized carbons (Fsp3) is 0.105. The van der Waals surface area contributed by atoms with Crippen LogP contribution in [0.2, 0.25) is 0 Å². The van der Waals surface area contributed by atoms with Gasteiger partial charge in [0.05, 0.1) is 6.54 Å². The predicted molar refractivity (Wildman–Crippen MR) is 86.7 cm³/mol. The molecule has 0 radical (unpaired) electrons. The first-order valence-corrected chi connectivity index (χ1v) is 7.21. The van der Waals surface area contributed by atoms with E-state index in [-0.39, 0.29) is 0 Å². The number of nitrogens with zero attached hydrogens (tertiary/aromatic N) is 2. The van der Waals surface area contributed by atoms with Gasteiger partial charge in [-0.05, 0) is 18.1 Å². The van der Waals surface area contributed by atoms with Crippen LogP contribution < -0.4 is 0 Å². The summed E-state index contributed by atoms with van der Waals surface area (Å²) in [5.41, 5.74) is 6.37. The van der Waals surface area contributed by atoms with Gasteiger partial charge in [0.2, 0.25) is 0 Å². The lowest BCUT2D eigenvalue weighted by molar-refractivity contribution is 1.02. The molecule has 1 aliphatic heterocycles. The summed E-state index contributed by atoms with van der Waals surface area (Å²) < 4.78 is 2.24. The van der Waals surface area contributed by atoms with Gasteiger partial charge in [0, 0.05) is 23.0 Å². The van der Waals surface area contributed by atoms with Crippen molar-refractivity contribution in [2.24, 2.45) is 4.99 Å². The zero-order chi connectivity index (χ0) is 14.2. The maximum atomic E-state index is 4.71. The normalized spacial score (nSPS) is 13.1. The van der Waals surface area contributed by atoms with Crippen LogP contribution in [0.1, 0.15) is 16.8 Å². The Morgan fingerprint density at radius 2 is 1.48 bits per heavy atom. The van der Waals surface area contributed by atoms with E-state index in [4.69, 9.17) is 4.99 Å². The SMILES string of the molecule is Cc1c(-c2ccccc2)cn2c1CN=C2c1ccccc1. The summed E-state index contributed by atoms with van der Waals surface area (Å²) in [6.45, 7) is 2.96. The van der Waals surface area contributed by atoms with E-state index in [0.717, 1.165) is 12.4 Å². The van der Waals surface area contributed by atoms with E-state index in [1.165, 1.54) is 27.9 Å². The Morgan fingerprint density at radius 3 is 2.14 bits per heavy atom. The summed E-state index contributed by atoms with van der Waals surface area (Å²) in [6, 6.07) is 20.9. The van der Waals surface area contributed by atoms with E-state index in [2.05, 4.69) is 72.3 Å². The van der Waals surface area contributed by atoms with Crippen LogP contribution in [-0.2, 0) is 6.54 Å². The lowest BCUT2D eigenvalue weighted by atomic mass is 10.0. The molecule has 0 bridgehead atoms. The molecule has 102 valence electrons. The summed E-state index contributed by atoms with van der Waals surface area (Å²) in [4.78, 5) is 4.71. The van der Waals surface area contributed by atoms with Crippen molar-refractivity contribution in [3.8, 4) is 11.1 Å². The summed E-state index contributed by atoms with van der Waals surface area (Å²) in [7, 11) is 0. The second-order valence-corrected chi connectivity index (χ2v) is 5.36. The Morgan fingerprint density at radius 1 is 0.857 bits per heavy atom. The quantitative estimate of drug-likeness (QED) is 0.663. The molecule has 3 aromatic rings. The molecule has 1 aromatic heterocycles. The van der Waals surface area contributed by atoms with Crippen LogP contribution in [0.5, 0.6) is 0 Å². The summed E-state index contributed by atoms with van der Waals surface area (Å²) >= 11 is 0. The molecule has 0 fully saturated rings. The monoisotopic (exact) mass is 272 g/mol. The molecular formula is C19H16N2. The first-order valence-electron chi connectivity index (χ1n) is 7.21. The predicted octanol–water partition coefficient (Wildman–Crippen LogP) is 4.27. The van der Waals surface area contributed by atoms with Crippen molar-refractivity contribution in [1.82, 2.24) is 4.57 Å². The van der Waals surface area contributed by atoms with Crippen molar-refractivity contribution in [3.63, 3.8) is 0 Å². The molecule has 0 amide bonds. The van der Waals surface area contributed by atoms with Gasteiger partial charge < -0.3 is 4.57 Å². The maximum Gasteiger partial charge on any atom is 0.139 e. The van der Waals surface area contributed by atoms with E-state index in [9.17, 15) is 0 Å². The minimum absolute atomic E-state index is 0.767. The molecule has 2 aromatic carbocycles. The fourth-order valence-electron chi connectivity index (χ4n) is 2.98. The Hall–Kier alpha value is -2.61. The van der Waals surface area contributed by atoms with Crippen molar-refractivity contribution in [2.45, 2.75) is 13.5 Å². The van der Waals surface area contributed by atoms with Gasteiger partial charge in [-0.15, -0.1) is 0 Å². The number of aromatic nitrogens is 1. The Labute approximate surface area is 124 Å². The van der Waals surface area contributed by atoms with Gasteiger partial charge in [0.15, 0.2) is 0 Å².